The Morgan fingerprint density at radius 1 is 1.29 bits per heavy atom. The highest BCUT2D eigenvalue weighted by atomic mass is 16.6. The summed E-state index contributed by atoms with van der Waals surface area (Å²) in [5.74, 6) is -0.914. The van der Waals surface area contributed by atoms with Gasteiger partial charge in [0.25, 0.3) is 0 Å². The Labute approximate surface area is 84.6 Å². The van der Waals surface area contributed by atoms with Crippen molar-refractivity contribution in [1.82, 2.24) is 0 Å². The molecule has 4 nitrogen and oxygen atoms in total. The molecular weight excluding hydrogens is 184 g/mol. The minimum absolute atomic E-state index is 0.288. The van der Waals surface area contributed by atoms with Crippen molar-refractivity contribution in [2.24, 2.45) is 5.41 Å². The summed E-state index contributed by atoms with van der Waals surface area (Å²) in [7, 11) is 0. The zero-order valence-corrected chi connectivity index (χ0v) is 9.42. The SMILES string of the molecule is CCOC(=O)[C@H](C)OC(=O)C(C)(C)C. The van der Waals surface area contributed by atoms with Crippen molar-refractivity contribution in [2.45, 2.75) is 40.7 Å². The minimum atomic E-state index is -0.832. The van der Waals surface area contributed by atoms with Crippen LogP contribution in [-0.2, 0) is 19.1 Å². The summed E-state index contributed by atoms with van der Waals surface area (Å²) in [6.07, 6.45) is -0.832. The van der Waals surface area contributed by atoms with Crippen molar-refractivity contribution in [3.05, 3.63) is 0 Å². The van der Waals surface area contributed by atoms with Gasteiger partial charge in [-0.25, -0.2) is 4.79 Å². The molecule has 0 unspecified atom stereocenters. The Hall–Kier alpha value is -1.06. The Balaban J connectivity index is 4.13. The number of esters is 2. The molecule has 0 aromatic rings. The molecule has 0 saturated heterocycles. The second-order valence-electron chi connectivity index (χ2n) is 4.05. The molecule has 0 aromatic carbocycles. The minimum Gasteiger partial charge on any atom is -0.463 e. The fraction of sp³-hybridized carbons (Fsp3) is 0.800. The zero-order valence-electron chi connectivity index (χ0n) is 9.42. The van der Waals surface area contributed by atoms with Crippen molar-refractivity contribution in [3.8, 4) is 0 Å². The Kier molecular flexibility index (Phi) is 4.60. The zero-order chi connectivity index (χ0) is 11.4. The molecule has 0 aliphatic carbocycles. The smallest absolute Gasteiger partial charge is 0.347 e. The first kappa shape index (κ1) is 12.9. The summed E-state index contributed by atoms with van der Waals surface area (Å²) in [5, 5.41) is 0. The maximum absolute atomic E-state index is 11.4. The monoisotopic (exact) mass is 202 g/mol. The summed E-state index contributed by atoms with van der Waals surface area (Å²) in [6, 6.07) is 0. The molecule has 0 radical (unpaired) electrons. The number of hydrogen-bond acceptors (Lipinski definition) is 4. The lowest BCUT2D eigenvalue weighted by Gasteiger charge is -2.19. The molecule has 0 aromatic heterocycles. The summed E-state index contributed by atoms with van der Waals surface area (Å²) < 4.78 is 9.62. The van der Waals surface area contributed by atoms with Crippen molar-refractivity contribution in [1.29, 1.82) is 0 Å². The van der Waals surface area contributed by atoms with E-state index in [0.29, 0.717) is 0 Å². The number of ether oxygens (including phenoxy) is 2. The van der Waals surface area contributed by atoms with E-state index in [9.17, 15) is 9.59 Å². The van der Waals surface area contributed by atoms with Crippen molar-refractivity contribution in [3.63, 3.8) is 0 Å². The van der Waals surface area contributed by atoms with E-state index >= 15 is 0 Å². The molecule has 0 aliphatic rings. The van der Waals surface area contributed by atoms with Gasteiger partial charge in [-0.1, -0.05) is 0 Å². The van der Waals surface area contributed by atoms with Gasteiger partial charge in [0.15, 0.2) is 6.10 Å². The van der Waals surface area contributed by atoms with Gasteiger partial charge in [-0.15, -0.1) is 0 Å². The molecule has 0 aliphatic heterocycles. The standard InChI is InChI=1S/C10H18O4/c1-6-13-8(11)7(2)14-9(12)10(3,4)5/h7H,6H2,1-5H3/t7-/m0/s1. The third-order valence-electron chi connectivity index (χ3n) is 1.51. The van der Waals surface area contributed by atoms with E-state index in [1.165, 1.54) is 6.92 Å². The van der Waals surface area contributed by atoms with Gasteiger partial charge in [-0.2, -0.15) is 0 Å². The topological polar surface area (TPSA) is 52.6 Å². The first-order chi connectivity index (χ1) is 6.29. The molecule has 0 heterocycles. The molecule has 0 amide bonds. The highest BCUT2D eigenvalue weighted by Crippen LogP contribution is 2.16. The van der Waals surface area contributed by atoms with Crippen molar-refractivity contribution in [2.75, 3.05) is 6.61 Å². The third kappa shape index (κ3) is 4.25. The molecule has 4 heteroatoms. The van der Waals surface area contributed by atoms with Crippen LogP contribution >= 0.6 is 0 Å². The largest absolute Gasteiger partial charge is 0.463 e. The quantitative estimate of drug-likeness (QED) is 0.651. The van der Waals surface area contributed by atoms with E-state index in [-0.39, 0.29) is 6.61 Å². The fourth-order valence-electron chi connectivity index (χ4n) is 0.645. The molecule has 82 valence electrons. The van der Waals surface area contributed by atoms with E-state index in [1.807, 2.05) is 0 Å². The van der Waals surface area contributed by atoms with Gasteiger partial charge in [-0.05, 0) is 34.6 Å². The lowest BCUT2D eigenvalue weighted by molar-refractivity contribution is -0.171. The highest BCUT2D eigenvalue weighted by Gasteiger charge is 2.27. The highest BCUT2D eigenvalue weighted by molar-refractivity contribution is 5.81. The number of rotatable bonds is 3. The van der Waals surface area contributed by atoms with Crippen LogP contribution in [0.4, 0.5) is 0 Å². The molecule has 0 rings (SSSR count). The maximum atomic E-state index is 11.4. The van der Waals surface area contributed by atoms with Crippen LogP contribution in [0.5, 0.6) is 0 Å². The van der Waals surface area contributed by atoms with E-state index in [0.717, 1.165) is 0 Å². The van der Waals surface area contributed by atoms with Crippen LogP contribution in [0, 0.1) is 5.41 Å². The van der Waals surface area contributed by atoms with Crippen LogP contribution in [0.15, 0.2) is 0 Å². The van der Waals surface area contributed by atoms with Crippen LogP contribution in [-0.4, -0.2) is 24.6 Å². The van der Waals surface area contributed by atoms with E-state index < -0.39 is 23.5 Å². The maximum Gasteiger partial charge on any atom is 0.347 e. The van der Waals surface area contributed by atoms with Crippen LogP contribution in [0.1, 0.15) is 34.6 Å². The second-order valence-corrected chi connectivity index (χ2v) is 4.05. The summed E-state index contributed by atoms with van der Waals surface area (Å²) in [6.45, 7) is 8.68. The van der Waals surface area contributed by atoms with Gasteiger partial charge in [0.2, 0.25) is 0 Å². The Bertz CT molecular complexity index is 215. The lowest BCUT2D eigenvalue weighted by atomic mass is 9.97. The molecule has 0 spiro atoms. The molecule has 1 atom stereocenters. The van der Waals surface area contributed by atoms with Gasteiger partial charge in [0.05, 0.1) is 12.0 Å². The molecule has 0 N–H and O–H groups in total. The van der Waals surface area contributed by atoms with Gasteiger partial charge in [0.1, 0.15) is 0 Å². The van der Waals surface area contributed by atoms with Gasteiger partial charge < -0.3 is 9.47 Å². The predicted molar refractivity (Wildman–Crippen MR) is 51.6 cm³/mol. The first-order valence-electron chi connectivity index (χ1n) is 4.66. The lowest BCUT2D eigenvalue weighted by Crippen LogP contribution is -2.32. The summed E-state index contributed by atoms with van der Waals surface area (Å²) in [5.41, 5.74) is -0.596. The van der Waals surface area contributed by atoms with Crippen LogP contribution in [0.25, 0.3) is 0 Å². The average Bonchev–Trinajstić information content (AvgIpc) is 2.02. The molecule has 0 saturated carbocycles. The summed E-state index contributed by atoms with van der Waals surface area (Å²) in [4.78, 5) is 22.5. The third-order valence-corrected chi connectivity index (χ3v) is 1.51. The van der Waals surface area contributed by atoms with Crippen molar-refractivity contribution < 1.29 is 19.1 Å². The van der Waals surface area contributed by atoms with Crippen LogP contribution < -0.4 is 0 Å². The van der Waals surface area contributed by atoms with E-state index in [2.05, 4.69) is 0 Å². The second kappa shape index (κ2) is 4.98. The normalized spacial score (nSPS) is 13.2. The van der Waals surface area contributed by atoms with Gasteiger partial charge in [-0.3, -0.25) is 4.79 Å². The molecular formula is C10H18O4. The number of hydrogen-bond donors (Lipinski definition) is 0. The van der Waals surface area contributed by atoms with E-state index in [1.54, 1.807) is 27.7 Å². The first-order valence-corrected chi connectivity index (χ1v) is 4.66. The average molecular weight is 202 g/mol. The van der Waals surface area contributed by atoms with Gasteiger partial charge in [0, 0.05) is 0 Å². The van der Waals surface area contributed by atoms with Crippen LogP contribution in [0.2, 0.25) is 0 Å². The van der Waals surface area contributed by atoms with Crippen LogP contribution in [0.3, 0.4) is 0 Å². The Morgan fingerprint density at radius 2 is 1.79 bits per heavy atom. The predicted octanol–water partition coefficient (Wildman–Crippen LogP) is 1.53. The molecule has 0 bridgehead atoms. The van der Waals surface area contributed by atoms with Crippen molar-refractivity contribution >= 4 is 11.9 Å². The fourth-order valence-corrected chi connectivity index (χ4v) is 0.645. The Morgan fingerprint density at radius 3 is 2.14 bits per heavy atom. The van der Waals surface area contributed by atoms with Gasteiger partial charge >= 0.3 is 11.9 Å². The van der Waals surface area contributed by atoms with E-state index in [4.69, 9.17) is 9.47 Å². The summed E-state index contributed by atoms with van der Waals surface area (Å²) >= 11 is 0. The number of carbonyl (C=O) groups is 2. The molecule has 0 fully saturated rings. The molecule has 14 heavy (non-hydrogen) atoms. The number of carbonyl (C=O) groups excluding carboxylic acids is 2.